The number of hydrogen-bond acceptors (Lipinski definition) is 1. The highest BCUT2D eigenvalue weighted by molar-refractivity contribution is 6.08. The maximum Gasteiger partial charge on any atom is 0.0720 e. The molecule has 0 unspecified atom stereocenters. The topological polar surface area (TPSA) is 3.24 Å². The van der Waals surface area contributed by atoms with Crippen LogP contribution in [0.3, 0.4) is 0 Å². The highest BCUT2D eigenvalue weighted by Crippen LogP contribution is 2.62. The Labute approximate surface area is 352 Å². The number of fused-ring (bicyclic) bond motifs is 5. The van der Waals surface area contributed by atoms with Crippen molar-refractivity contribution in [2.75, 3.05) is 4.90 Å². The number of para-hydroxylation sites is 1. The molecule has 0 fully saturated rings. The fraction of sp³-hybridized carbons (Fsp3) is 0.0169. The predicted molar refractivity (Wildman–Crippen MR) is 252 cm³/mol. The van der Waals surface area contributed by atoms with Gasteiger partial charge in [-0.15, -0.1) is 0 Å². The van der Waals surface area contributed by atoms with Gasteiger partial charge in [0.15, 0.2) is 0 Å². The Balaban J connectivity index is 1.18. The zero-order valence-electron chi connectivity index (χ0n) is 33.1. The molecule has 10 aromatic rings. The predicted octanol–water partition coefficient (Wildman–Crippen LogP) is 15.7. The van der Waals surface area contributed by atoms with Gasteiger partial charge >= 0.3 is 0 Å². The molecule has 0 aliphatic heterocycles. The second-order valence-corrected chi connectivity index (χ2v) is 15.6. The highest BCUT2D eigenvalue weighted by Gasteiger charge is 2.49. The maximum absolute atomic E-state index is 2.47. The van der Waals surface area contributed by atoms with Crippen LogP contribution in [0.1, 0.15) is 22.3 Å². The molecule has 282 valence electrons. The summed E-state index contributed by atoms with van der Waals surface area (Å²) in [7, 11) is 0. The SMILES string of the molecule is c1ccc(-c2ccc(-c3ccc(N(c4ccccc4)c4cc5ccccc5c5c4-c4ccc(-c6ccccc6)cc4C5(c4ccccc4)c4ccccc4)cc3)cc2)cc1. The van der Waals surface area contributed by atoms with E-state index in [-0.39, 0.29) is 0 Å². The lowest BCUT2D eigenvalue weighted by molar-refractivity contribution is 0.775. The van der Waals surface area contributed by atoms with Crippen LogP contribution in [0.15, 0.2) is 249 Å². The minimum atomic E-state index is -0.605. The zero-order valence-corrected chi connectivity index (χ0v) is 33.1. The van der Waals surface area contributed by atoms with Crippen LogP contribution < -0.4 is 4.90 Å². The number of nitrogens with zero attached hydrogens (tertiary/aromatic N) is 1. The van der Waals surface area contributed by atoms with Crippen molar-refractivity contribution in [1.82, 2.24) is 0 Å². The molecule has 60 heavy (non-hydrogen) atoms. The number of benzene rings is 10. The van der Waals surface area contributed by atoms with Gasteiger partial charge in [0.1, 0.15) is 0 Å². The Bertz CT molecular complexity index is 3050. The third-order valence-electron chi connectivity index (χ3n) is 12.3. The lowest BCUT2D eigenvalue weighted by Crippen LogP contribution is -2.29. The fourth-order valence-electron chi connectivity index (χ4n) is 9.62. The van der Waals surface area contributed by atoms with Crippen molar-refractivity contribution in [3.8, 4) is 44.5 Å². The molecule has 1 aliphatic rings. The third kappa shape index (κ3) is 5.86. The van der Waals surface area contributed by atoms with E-state index >= 15 is 0 Å². The summed E-state index contributed by atoms with van der Waals surface area (Å²) in [6.45, 7) is 0. The van der Waals surface area contributed by atoms with E-state index in [0.717, 1.165) is 17.1 Å². The Kier molecular flexibility index (Phi) is 8.79. The van der Waals surface area contributed by atoms with Crippen molar-refractivity contribution in [3.05, 3.63) is 271 Å². The average molecular weight is 764 g/mol. The monoisotopic (exact) mass is 763 g/mol. The normalized spacial score (nSPS) is 12.5. The molecular formula is C59H41N. The van der Waals surface area contributed by atoms with Crippen molar-refractivity contribution >= 4 is 27.8 Å². The van der Waals surface area contributed by atoms with E-state index < -0.39 is 5.41 Å². The Hall–Kier alpha value is -7.74. The molecule has 10 aromatic carbocycles. The van der Waals surface area contributed by atoms with E-state index in [1.165, 1.54) is 77.5 Å². The second-order valence-electron chi connectivity index (χ2n) is 15.6. The molecule has 0 bridgehead atoms. The van der Waals surface area contributed by atoms with Crippen LogP contribution in [0.5, 0.6) is 0 Å². The summed E-state index contributed by atoms with van der Waals surface area (Å²) in [5.74, 6) is 0. The van der Waals surface area contributed by atoms with Gasteiger partial charge in [0, 0.05) is 16.9 Å². The van der Waals surface area contributed by atoms with Gasteiger partial charge in [0.2, 0.25) is 0 Å². The van der Waals surface area contributed by atoms with Gasteiger partial charge in [-0.3, -0.25) is 0 Å². The lowest BCUT2D eigenvalue weighted by atomic mass is 9.66. The molecule has 0 spiro atoms. The van der Waals surface area contributed by atoms with E-state index in [2.05, 4.69) is 254 Å². The Morgan fingerprint density at radius 3 is 1.30 bits per heavy atom. The van der Waals surface area contributed by atoms with Crippen molar-refractivity contribution < 1.29 is 0 Å². The first kappa shape index (κ1) is 35.4. The van der Waals surface area contributed by atoms with Crippen molar-refractivity contribution in [2.45, 2.75) is 5.41 Å². The largest absolute Gasteiger partial charge is 0.310 e. The van der Waals surface area contributed by atoms with E-state index in [1.807, 2.05) is 0 Å². The first-order valence-electron chi connectivity index (χ1n) is 20.8. The zero-order chi connectivity index (χ0) is 39.9. The summed E-state index contributed by atoms with van der Waals surface area (Å²) in [6.07, 6.45) is 0. The summed E-state index contributed by atoms with van der Waals surface area (Å²) in [6, 6.07) is 91.1. The van der Waals surface area contributed by atoms with Gasteiger partial charge in [-0.05, 0) is 108 Å². The van der Waals surface area contributed by atoms with Crippen LogP contribution >= 0.6 is 0 Å². The standard InChI is InChI=1S/C59H41N/c1-6-18-42(19-7-1)44-30-32-45(33-31-44)46-34-37-52(38-35-46)60(51-27-14-5-15-28-51)56-41-48-22-16-17-29-53(48)58-57(56)54-39-36-47(43-20-8-2-9-21-43)40-55(54)59(58,49-23-10-3-11-24-49)50-25-12-4-13-26-50/h1-41H. The molecule has 0 amide bonds. The summed E-state index contributed by atoms with van der Waals surface area (Å²) < 4.78 is 0. The molecule has 1 aliphatic carbocycles. The van der Waals surface area contributed by atoms with E-state index in [1.54, 1.807) is 0 Å². The fourth-order valence-corrected chi connectivity index (χ4v) is 9.62. The summed E-state index contributed by atoms with van der Waals surface area (Å²) in [5, 5.41) is 2.46. The van der Waals surface area contributed by atoms with Gasteiger partial charge in [-0.25, -0.2) is 0 Å². The maximum atomic E-state index is 2.47. The molecule has 11 rings (SSSR count). The lowest BCUT2D eigenvalue weighted by Gasteiger charge is -2.35. The minimum Gasteiger partial charge on any atom is -0.310 e. The van der Waals surface area contributed by atoms with Crippen LogP contribution in [0.25, 0.3) is 55.3 Å². The average Bonchev–Trinajstić information content (AvgIpc) is 3.65. The molecular weight excluding hydrogens is 723 g/mol. The molecule has 0 aromatic heterocycles. The van der Waals surface area contributed by atoms with Crippen LogP contribution in [-0.4, -0.2) is 0 Å². The summed E-state index contributed by atoms with van der Waals surface area (Å²) >= 11 is 0. The van der Waals surface area contributed by atoms with Crippen LogP contribution in [-0.2, 0) is 5.41 Å². The number of anilines is 3. The van der Waals surface area contributed by atoms with Gasteiger partial charge in [0.25, 0.3) is 0 Å². The first-order valence-corrected chi connectivity index (χ1v) is 20.8. The van der Waals surface area contributed by atoms with E-state index in [0.29, 0.717) is 0 Å². The molecule has 0 saturated heterocycles. The third-order valence-corrected chi connectivity index (χ3v) is 12.3. The van der Waals surface area contributed by atoms with Crippen LogP contribution in [0.4, 0.5) is 17.1 Å². The molecule has 0 atom stereocenters. The van der Waals surface area contributed by atoms with Crippen molar-refractivity contribution in [2.24, 2.45) is 0 Å². The van der Waals surface area contributed by atoms with E-state index in [4.69, 9.17) is 0 Å². The second kappa shape index (κ2) is 14.9. The molecule has 1 heteroatoms. The quantitative estimate of drug-likeness (QED) is 0.149. The Morgan fingerprint density at radius 1 is 0.317 bits per heavy atom. The van der Waals surface area contributed by atoms with Crippen molar-refractivity contribution in [3.63, 3.8) is 0 Å². The molecule has 0 heterocycles. The molecule has 1 nitrogen and oxygen atoms in total. The number of rotatable bonds is 8. The van der Waals surface area contributed by atoms with Crippen LogP contribution in [0, 0.1) is 0 Å². The molecule has 0 saturated carbocycles. The number of hydrogen-bond donors (Lipinski definition) is 0. The van der Waals surface area contributed by atoms with E-state index in [9.17, 15) is 0 Å². The van der Waals surface area contributed by atoms with Gasteiger partial charge in [-0.2, -0.15) is 0 Å². The first-order chi connectivity index (χ1) is 29.8. The van der Waals surface area contributed by atoms with Gasteiger partial charge < -0.3 is 4.90 Å². The van der Waals surface area contributed by atoms with Crippen LogP contribution in [0.2, 0.25) is 0 Å². The minimum absolute atomic E-state index is 0.605. The smallest absolute Gasteiger partial charge is 0.0720 e. The molecule has 0 radical (unpaired) electrons. The van der Waals surface area contributed by atoms with Gasteiger partial charge in [0.05, 0.1) is 11.1 Å². The summed E-state index contributed by atoms with van der Waals surface area (Å²) in [5.41, 5.74) is 17.6. The van der Waals surface area contributed by atoms with Crippen molar-refractivity contribution in [1.29, 1.82) is 0 Å². The summed E-state index contributed by atoms with van der Waals surface area (Å²) in [4.78, 5) is 2.47. The Morgan fingerprint density at radius 2 is 0.733 bits per heavy atom. The van der Waals surface area contributed by atoms with Gasteiger partial charge in [-0.1, -0.05) is 212 Å². The molecule has 0 N–H and O–H groups in total. The highest BCUT2D eigenvalue weighted by atomic mass is 15.1.